The molecular weight excluding hydrogens is 234 g/mol. The van der Waals surface area contributed by atoms with E-state index in [0.29, 0.717) is 11.8 Å². The molecule has 0 aromatic rings. The van der Waals surface area contributed by atoms with Gasteiger partial charge in [-0.3, -0.25) is 0 Å². The van der Waals surface area contributed by atoms with Crippen LogP contribution in [-0.2, 0) is 0 Å². The molecule has 110 valence electrons. The Balaban J connectivity index is 1.60. The van der Waals surface area contributed by atoms with Gasteiger partial charge in [0.1, 0.15) is 0 Å². The van der Waals surface area contributed by atoms with Crippen molar-refractivity contribution in [3.8, 4) is 0 Å². The molecular formula is C17H31NO. The Labute approximate surface area is 118 Å². The minimum Gasteiger partial charge on any atom is -0.393 e. The molecule has 2 heteroatoms. The van der Waals surface area contributed by atoms with Gasteiger partial charge in [-0.2, -0.15) is 0 Å². The zero-order valence-electron chi connectivity index (χ0n) is 12.9. The van der Waals surface area contributed by atoms with Gasteiger partial charge >= 0.3 is 0 Å². The number of rotatable bonds is 2. The zero-order chi connectivity index (χ0) is 13.6. The Kier molecular flexibility index (Phi) is 3.92. The first kappa shape index (κ1) is 13.9. The third kappa shape index (κ3) is 2.58. The van der Waals surface area contributed by atoms with E-state index in [1.807, 2.05) is 0 Å². The molecule has 19 heavy (non-hydrogen) atoms. The van der Waals surface area contributed by atoms with Crippen molar-refractivity contribution in [3.63, 3.8) is 0 Å². The molecule has 0 aromatic heterocycles. The third-order valence-electron chi connectivity index (χ3n) is 6.74. The summed E-state index contributed by atoms with van der Waals surface area (Å²) in [6.45, 7) is 4.75. The van der Waals surface area contributed by atoms with E-state index in [1.165, 1.54) is 44.9 Å². The average Bonchev–Trinajstić information content (AvgIpc) is 2.64. The molecule has 2 saturated heterocycles. The van der Waals surface area contributed by atoms with Gasteiger partial charge in [-0.1, -0.05) is 20.3 Å². The van der Waals surface area contributed by atoms with Crippen molar-refractivity contribution in [1.82, 2.24) is 4.90 Å². The second-order valence-corrected chi connectivity index (χ2v) is 7.80. The Bertz CT molecular complexity index is 304. The van der Waals surface area contributed by atoms with E-state index >= 15 is 0 Å². The van der Waals surface area contributed by atoms with Gasteiger partial charge in [0.15, 0.2) is 0 Å². The number of fused-ring (bicyclic) bond motifs is 2. The maximum atomic E-state index is 10.8. The van der Waals surface area contributed by atoms with Crippen molar-refractivity contribution in [2.75, 3.05) is 7.05 Å². The van der Waals surface area contributed by atoms with Crippen LogP contribution in [0.5, 0.6) is 0 Å². The zero-order valence-corrected chi connectivity index (χ0v) is 12.9. The molecule has 3 rings (SSSR count). The highest BCUT2D eigenvalue weighted by molar-refractivity contribution is 4.96. The van der Waals surface area contributed by atoms with Gasteiger partial charge in [-0.15, -0.1) is 0 Å². The van der Waals surface area contributed by atoms with E-state index in [-0.39, 0.29) is 6.10 Å². The molecule has 2 heterocycles. The summed E-state index contributed by atoms with van der Waals surface area (Å²) in [4.78, 5) is 2.58. The highest BCUT2D eigenvalue weighted by Gasteiger charge is 2.43. The van der Waals surface area contributed by atoms with Crippen molar-refractivity contribution in [2.24, 2.45) is 23.7 Å². The summed E-state index contributed by atoms with van der Waals surface area (Å²) < 4.78 is 0. The van der Waals surface area contributed by atoms with Crippen molar-refractivity contribution in [3.05, 3.63) is 0 Å². The second-order valence-electron chi connectivity index (χ2n) is 7.80. The lowest BCUT2D eigenvalue weighted by molar-refractivity contribution is -0.0205. The Morgan fingerprint density at radius 2 is 1.47 bits per heavy atom. The number of hydrogen-bond acceptors (Lipinski definition) is 2. The minimum atomic E-state index is -0.0215. The van der Waals surface area contributed by atoms with E-state index in [0.717, 1.165) is 23.9 Å². The Morgan fingerprint density at radius 1 is 0.842 bits per heavy atom. The average molecular weight is 265 g/mol. The number of hydrogen-bond donors (Lipinski definition) is 1. The lowest BCUT2D eigenvalue weighted by atomic mass is 9.70. The summed E-state index contributed by atoms with van der Waals surface area (Å²) in [6.07, 6.45) is 9.03. The summed E-state index contributed by atoms with van der Waals surface area (Å²) in [5.41, 5.74) is 0. The lowest BCUT2D eigenvalue weighted by Crippen LogP contribution is -2.45. The smallest absolute Gasteiger partial charge is 0.0597 e. The molecule has 6 unspecified atom stereocenters. The van der Waals surface area contributed by atoms with Gasteiger partial charge in [0.25, 0.3) is 0 Å². The molecule has 2 nitrogen and oxygen atoms in total. The highest BCUT2D eigenvalue weighted by atomic mass is 16.3. The van der Waals surface area contributed by atoms with E-state index in [9.17, 15) is 5.11 Å². The highest BCUT2D eigenvalue weighted by Crippen LogP contribution is 2.43. The monoisotopic (exact) mass is 265 g/mol. The van der Waals surface area contributed by atoms with E-state index in [2.05, 4.69) is 25.8 Å². The van der Waals surface area contributed by atoms with Gasteiger partial charge in [0.05, 0.1) is 6.10 Å². The molecule has 6 atom stereocenters. The van der Waals surface area contributed by atoms with Crippen molar-refractivity contribution in [1.29, 1.82) is 0 Å². The lowest BCUT2D eigenvalue weighted by Gasteiger charge is -2.42. The predicted molar refractivity (Wildman–Crippen MR) is 79.0 cm³/mol. The molecule has 3 aliphatic rings. The van der Waals surface area contributed by atoms with Crippen LogP contribution in [0.3, 0.4) is 0 Å². The first-order valence-electron chi connectivity index (χ1n) is 8.46. The summed E-state index contributed by atoms with van der Waals surface area (Å²) >= 11 is 0. The number of aliphatic hydroxyl groups is 1. The molecule has 1 N–H and O–H groups in total. The molecule has 0 spiro atoms. The number of piperidine rings is 1. The van der Waals surface area contributed by atoms with Gasteiger partial charge in [0.2, 0.25) is 0 Å². The van der Waals surface area contributed by atoms with E-state index in [1.54, 1.807) is 0 Å². The van der Waals surface area contributed by atoms with Crippen LogP contribution in [0, 0.1) is 23.7 Å². The van der Waals surface area contributed by atoms with E-state index in [4.69, 9.17) is 0 Å². The maximum absolute atomic E-state index is 10.8. The van der Waals surface area contributed by atoms with Crippen molar-refractivity contribution >= 4 is 0 Å². The number of nitrogens with zero attached hydrogens (tertiary/aromatic N) is 1. The largest absolute Gasteiger partial charge is 0.393 e. The Hall–Kier alpha value is -0.0800. The van der Waals surface area contributed by atoms with Crippen molar-refractivity contribution in [2.45, 2.75) is 77.0 Å². The molecule has 1 aliphatic carbocycles. The summed E-state index contributed by atoms with van der Waals surface area (Å²) in [6, 6.07) is 1.52. The molecule has 1 saturated carbocycles. The number of aliphatic hydroxyl groups excluding tert-OH is 1. The van der Waals surface area contributed by atoms with Gasteiger partial charge in [-0.05, 0) is 69.2 Å². The normalized spacial score (nSPS) is 49.3. The first-order valence-corrected chi connectivity index (χ1v) is 8.46. The van der Waals surface area contributed by atoms with Crippen LogP contribution in [0.2, 0.25) is 0 Å². The molecule has 0 aromatic carbocycles. The van der Waals surface area contributed by atoms with Gasteiger partial charge in [-0.25, -0.2) is 0 Å². The van der Waals surface area contributed by atoms with Gasteiger partial charge < -0.3 is 10.0 Å². The summed E-state index contributed by atoms with van der Waals surface area (Å²) in [7, 11) is 2.29. The SMILES string of the molecule is CC1CCC(C(O)C2CC3CCC(C2)N3C)CC1C. The standard InChI is InChI=1S/C17H31NO/c1-11-4-5-13(8-12(11)2)17(19)14-9-15-6-7-16(10-14)18(15)3/h11-17,19H,4-10H2,1-3H3. The fourth-order valence-electron chi connectivity index (χ4n) is 5.02. The molecule has 2 aliphatic heterocycles. The van der Waals surface area contributed by atoms with Crippen LogP contribution in [0.15, 0.2) is 0 Å². The van der Waals surface area contributed by atoms with Crippen LogP contribution in [0.25, 0.3) is 0 Å². The van der Waals surface area contributed by atoms with Crippen LogP contribution in [-0.4, -0.2) is 35.2 Å². The fraction of sp³-hybridized carbons (Fsp3) is 1.00. The summed E-state index contributed by atoms with van der Waals surface area (Å²) in [5.74, 6) is 2.83. The van der Waals surface area contributed by atoms with Crippen molar-refractivity contribution < 1.29 is 5.11 Å². The third-order valence-corrected chi connectivity index (χ3v) is 6.74. The van der Waals surface area contributed by atoms with Gasteiger partial charge in [0, 0.05) is 12.1 Å². The molecule has 0 radical (unpaired) electrons. The quantitative estimate of drug-likeness (QED) is 0.828. The van der Waals surface area contributed by atoms with Crippen LogP contribution in [0.4, 0.5) is 0 Å². The van der Waals surface area contributed by atoms with Crippen LogP contribution < -0.4 is 0 Å². The van der Waals surface area contributed by atoms with Crippen LogP contribution >= 0.6 is 0 Å². The molecule has 0 amide bonds. The molecule has 2 bridgehead atoms. The fourth-order valence-corrected chi connectivity index (χ4v) is 5.02. The minimum absolute atomic E-state index is 0.0215. The maximum Gasteiger partial charge on any atom is 0.0597 e. The van der Waals surface area contributed by atoms with E-state index < -0.39 is 0 Å². The predicted octanol–water partition coefficient (Wildman–Crippen LogP) is 3.29. The molecule has 3 fully saturated rings. The summed E-state index contributed by atoms with van der Waals surface area (Å²) in [5, 5.41) is 10.8. The van der Waals surface area contributed by atoms with Crippen LogP contribution in [0.1, 0.15) is 58.8 Å². The topological polar surface area (TPSA) is 23.5 Å². The second kappa shape index (κ2) is 5.37. The first-order chi connectivity index (χ1) is 9.06. The Morgan fingerprint density at radius 3 is 2.05 bits per heavy atom.